The minimum absolute atomic E-state index is 0.339. The summed E-state index contributed by atoms with van der Waals surface area (Å²) >= 11 is 0. The molecule has 3 fully saturated rings. The second-order valence-corrected chi connectivity index (χ2v) is 33.2. The van der Waals surface area contributed by atoms with Gasteiger partial charge in [0.1, 0.15) is 6.10 Å². The third kappa shape index (κ3) is 8.43. The third-order valence-electron chi connectivity index (χ3n) is 7.80. The van der Waals surface area contributed by atoms with Crippen LogP contribution in [0.15, 0.2) is 0 Å². The Kier molecular flexibility index (Phi) is 9.12. The van der Waals surface area contributed by atoms with Gasteiger partial charge in [-0.15, -0.1) is 0 Å². The van der Waals surface area contributed by atoms with Crippen molar-refractivity contribution in [3.63, 3.8) is 0 Å². The summed E-state index contributed by atoms with van der Waals surface area (Å²) < 4.78 is 38.3. The predicted molar refractivity (Wildman–Crippen MR) is 151 cm³/mol. The quantitative estimate of drug-likeness (QED) is 0.125. The van der Waals surface area contributed by atoms with Gasteiger partial charge >= 0.3 is 25.7 Å². The van der Waals surface area contributed by atoms with Crippen molar-refractivity contribution in [3.05, 3.63) is 0 Å². The fraction of sp³-hybridized carbons (Fsp3) is 1.00. The van der Waals surface area contributed by atoms with Crippen molar-refractivity contribution in [1.82, 2.24) is 0 Å². The first kappa shape index (κ1) is 29.4. The highest BCUT2D eigenvalue weighted by atomic mass is 28.5. The standard InChI is InChI=1S/C23H52O6Si5/c1-30(2,17-11-16-24-19-22-20-25-22)26-32(5,6)28-34(9,10)29-33(7,8)27-31(3,4)23-14-12-21(18-23)13-15-23/h21-22H,11-20H2,1-10H3. The molecule has 1 aliphatic heterocycles. The molecule has 0 amide bonds. The molecule has 2 bridgehead atoms. The van der Waals surface area contributed by atoms with E-state index in [1.165, 1.54) is 32.1 Å². The number of fused-ring (bicyclic) bond motifs is 2. The number of hydrogen-bond acceptors (Lipinski definition) is 6. The Bertz CT molecular complexity index is 687. The van der Waals surface area contributed by atoms with E-state index in [1.54, 1.807) is 0 Å². The Labute approximate surface area is 214 Å². The van der Waals surface area contributed by atoms with Gasteiger partial charge in [-0.25, -0.2) is 0 Å². The number of hydrogen-bond donors (Lipinski definition) is 0. The van der Waals surface area contributed by atoms with Crippen LogP contribution in [-0.4, -0.2) is 68.2 Å². The van der Waals surface area contributed by atoms with E-state index in [2.05, 4.69) is 65.5 Å². The summed E-state index contributed by atoms with van der Waals surface area (Å²) in [6.07, 6.45) is 8.31. The lowest BCUT2D eigenvalue weighted by Gasteiger charge is -2.47. The summed E-state index contributed by atoms with van der Waals surface area (Å²) in [7, 11) is -10.8. The lowest BCUT2D eigenvalue weighted by atomic mass is 10.0. The first-order chi connectivity index (χ1) is 15.4. The van der Waals surface area contributed by atoms with E-state index < -0.39 is 42.3 Å². The molecular formula is C23H52O6Si5. The van der Waals surface area contributed by atoms with Crippen LogP contribution >= 0.6 is 0 Å². The normalized spacial score (nSPS) is 28.1. The van der Waals surface area contributed by atoms with Crippen molar-refractivity contribution in [2.45, 2.75) is 121 Å². The van der Waals surface area contributed by atoms with Crippen molar-refractivity contribution in [3.8, 4) is 0 Å². The van der Waals surface area contributed by atoms with Crippen molar-refractivity contribution in [2.24, 2.45) is 5.92 Å². The van der Waals surface area contributed by atoms with E-state index in [-0.39, 0.29) is 0 Å². The second-order valence-electron chi connectivity index (χ2n) is 13.4. The SMILES string of the molecule is C[Si](C)(CCCOCC1CO1)O[Si](C)(C)O[Si](C)(C)O[Si](C)(C)O[Si](C)(C)C12CCC(CC1)C2. The van der Waals surface area contributed by atoms with Crippen LogP contribution in [0.1, 0.15) is 38.5 Å². The molecule has 1 heterocycles. The van der Waals surface area contributed by atoms with Gasteiger partial charge in [-0.3, -0.25) is 0 Å². The maximum Gasteiger partial charge on any atom is 0.314 e. The highest BCUT2D eigenvalue weighted by Crippen LogP contribution is 2.64. The fourth-order valence-corrected chi connectivity index (χ4v) is 32.6. The molecule has 0 aromatic carbocycles. The number of epoxide rings is 1. The molecule has 34 heavy (non-hydrogen) atoms. The van der Waals surface area contributed by atoms with Gasteiger partial charge < -0.3 is 25.9 Å². The Balaban J connectivity index is 1.49. The van der Waals surface area contributed by atoms with Gasteiger partial charge in [0.05, 0.1) is 13.2 Å². The molecule has 0 spiro atoms. The van der Waals surface area contributed by atoms with E-state index in [0.29, 0.717) is 11.1 Å². The molecule has 6 nitrogen and oxygen atoms in total. The van der Waals surface area contributed by atoms with Crippen molar-refractivity contribution in [2.75, 3.05) is 19.8 Å². The Morgan fingerprint density at radius 2 is 1.29 bits per heavy atom. The maximum atomic E-state index is 7.05. The summed E-state index contributed by atoms with van der Waals surface area (Å²) in [5, 5.41) is 0.472. The summed E-state index contributed by atoms with van der Waals surface area (Å²) in [6.45, 7) is 25.1. The highest BCUT2D eigenvalue weighted by Gasteiger charge is 2.58. The zero-order chi connectivity index (χ0) is 25.5. The van der Waals surface area contributed by atoms with E-state index in [9.17, 15) is 0 Å². The third-order valence-corrected chi connectivity index (χ3v) is 28.7. The average molecular weight is 565 g/mol. The minimum Gasteiger partial charge on any atom is -0.436 e. The minimum atomic E-state index is -2.41. The van der Waals surface area contributed by atoms with Crippen LogP contribution in [0.25, 0.3) is 0 Å². The summed E-state index contributed by atoms with van der Waals surface area (Å²) in [5.74, 6) is 0.950. The van der Waals surface area contributed by atoms with Gasteiger partial charge in [-0.1, -0.05) is 12.8 Å². The largest absolute Gasteiger partial charge is 0.436 e. The predicted octanol–water partition coefficient (Wildman–Crippen LogP) is 6.71. The van der Waals surface area contributed by atoms with Crippen LogP contribution in [0.2, 0.25) is 76.6 Å². The number of rotatable bonds is 15. The van der Waals surface area contributed by atoms with Gasteiger partial charge in [0.2, 0.25) is 0 Å². The van der Waals surface area contributed by atoms with Gasteiger partial charge in [-0.05, 0) is 108 Å². The molecule has 3 aliphatic rings. The first-order valence-corrected chi connectivity index (χ1v) is 27.9. The van der Waals surface area contributed by atoms with Crippen molar-refractivity contribution >= 4 is 42.3 Å². The Morgan fingerprint density at radius 3 is 1.79 bits per heavy atom. The number of ether oxygens (including phenoxy) is 2. The fourth-order valence-electron chi connectivity index (χ4n) is 6.70. The van der Waals surface area contributed by atoms with Crippen LogP contribution in [0, 0.1) is 5.92 Å². The molecule has 1 atom stereocenters. The lowest BCUT2D eigenvalue weighted by Crippen LogP contribution is -2.60. The van der Waals surface area contributed by atoms with E-state index in [4.69, 9.17) is 25.9 Å². The first-order valence-electron chi connectivity index (χ1n) is 13.4. The van der Waals surface area contributed by atoms with Crippen LogP contribution in [0.4, 0.5) is 0 Å². The summed E-state index contributed by atoms with van der Waals surface area (Å²) in [5.41, 5.74) is 0. The van der Waals surface area contributed by atoms with Crippen molar-refractivity contribution in [1.29, 1.82) is 0 Å². The topological polar surface area (TPSA) is 58.7 Å². The van der Waals surface area contributed by atoms with E-state index in [0.717, 1.165) is 38.2 Å². The molecule has 2 saturated carbocycles. The molecule has 1 saturated heterocycles. The van der Waals surface area contributed by atoms with Crippen molar-refractivity contribution < 1.29 is 25.9 Å². The highest BCUT2D eigenvalue weighted by molar-refractivity contribution is 6.91. The van der Waals surface area contributed by atoms with Gasteiger partial charge in [-0.2, -0.15) is 0 Å². The Morgan fingerprint density at radius 1 is 0.765 bits per heavy atom. The van der Waals surface area contributed by atoms with Gasteiger partial charge in [0.25, 0.3) is 0 Å². The molecule has 0 N–H and O–H groups in total. The molecule has 0 radical (unpaired) electrons. The molecule has 11 heteroatoms. The maximum absolute atomic E-state index is 7.05. The average Bonchev–Trinajstić information content (AvgIpc) is 3.19. The van der Waals surface area contributed by atoms with E-state index in [1.807, 2.05) is 0 Å². The monoisotopic (exact) mass is 564 g/mol. The Hall–Kier alpha value is 0.844. The van der Waals surface area contributed by atoms with Crippen LogP contribution < -0.4 is 0 Å². The van der Waals surface area contributed by atoms with Gasteiger partial charge in [0.15, 0.2) is 16.6 Å². The lowest BCUT2D eigenvalue weighted by molar-refractivity contribution is 0.116. The zero-order valence-electron chi connectivity index (χ0n) is 23.7. The molecule has 3 rings (SSSR count). The molecule has 200 valence electrons. The molecule has 0 aromatic heterocycles. The van der Waals surface area contributed by atoms with Crippen LogP contribution in [0.5, 0.6) is 0 Å². The smallest absolute Gasteiger partial charge is 0.314 e. The van der Waals surface area contributed by atoms with Crippen LogP contribution in [0.3, 0.4) is 0 Å². The second kappa shape index (κ2) is 10.5. The van der Waals surface area contributed by atoms with Crippen LogP contribution in [-0.2, 0) is 25.9 Å². The molecule has 2 aliphatic carbocycles. The van der Waals surface area contributed by atoms with Gasteiger partial charge in [0, 0.05) is 6.61 Å². The summed E-state index contributed by atoms with van der Waals surface area (Å²) in [4.78, 5) is 0. The molecule has 1 unspecified atom stereocenters. The zero-order valence-corrected chi connectivity index (χ0v) is 28.7. The van der Waals surface area contributed by atoms with E-state index >= 15 is 0 Å². The summed E-state index contributed by atoms with van der Waals surface area (Å²) in [6, 6.07) is 1.08. The molecular weight excluding hydrogens is 513 g/mol. The molecule has 0 aromatic rings.